The van der Waals surface area contributed by atoms with E-state index in [4.69, 9.17) is 0 Å². The van der Waals surface area contributed by atoms with E-state index in [0.717, 1.165) is 19.3 Å². The smallest absolute Gasteiger partial charge is 0.320 e. The first-order valence-electron chi connectivity index (χ1n) is 6.13. The minimum atomic E-state index is -0.699. The molecule has 1 rings (SSSR count). The van der Waals surface area contributed by atoms with Crippen molar-refractivity contribution in [2.24, 2.45) is 5.92 Å². The minimum absolute atomic E-state index is 0.300. The zero-order valence-electron chi connectivity index (χ0n) is 10.5. The van der Waals surface area contributed by atoms with Gasteiger partial charge in [0.25, 0.3) is 0 Å². The third-order valence-electron chi connectivity index (χ3n) is 3.22. The Morgan fingerprint density at radius 1 is 1.56 bits per heavy atom. The third kappa shape index (κ3) is 3.63. The number of aliphatic carboxylic acids is 1. The number of allylic oxidation sites excluding steroid dienone is 1. The highest BCUT2D eigenvalue weighted by Crippen LogP contribution is 2.20. The second-order valence-corrected chi connectivity index (χ2v) is 5.08. The van der Waals surface area contributed by atoms with Gasteiger partial charge in [0, 0.05) is 6.04 Å². The lowest BCUT2D eigenvalue weighted by atomic mass is 9.97. The molecule has 0 saturated heterocycles. The molecule has 2 atom stereocenters. The van der Waals surface area contributed by atoms with Crippen molar-refractivity contribution in [2.45, 2.75) is 51.6 Å². The van der Waals surface area contributed by atoms with Crippen molar-refractivity contribution < 1.29 is 9.90 Å². The normalized spacial score (nSPS) is 22.7. The van der Waals surface area contributed by atoms with Crippen molar-refractivity contribution >= 4 is 5.97 Å². The topological polar surface area (TPSA) is 40.5 Å². The Bertz CT molecular complexity index is 261. The summed E-state index contributed by atoms with van der Waals surface area (Å²) in [4.78, 5) is 13.3. The Hall–Kier alpha value is -0.830. The molecule has 0 fully saturated rings. The number of carboxylic acids is 1. The van der Waals surface area contributed by atoms with Crippen LogP contribution in [0.5, 0.6) is 0 Å². The van der Waals surface area contributed by atoms with Crippen molar-refractivity contribution in [3.8, 4) is 0 Å². The first kappa shape index (κ1) is 13.2. The summed E-state index contributed by atoms with van der Waals surface area (Å²) < 4.78 is 0. The first-order chi connectivity index (χ1) is 7.52. The summed E-state index contributed by atoms with van der Waals surface area (Å²) in [6.07, 6.45) is 8.41. The SMILES string of the molecule is CC(C)CC(C(=O)O)N(C)C1C=CCCC1. The van der Waals surface area contributed by atoms with Gasteiger partial charge in [-0.05, 0) is 38.6 Å². The largest absolute Gasteiger partial charge is 0.480 e. The van der Waals surface area contributed by atoms with E-state index >= 15 is 0 Å². The van der Waals surface area contributed by atoms with Crippen LogP contribution in [-0.2, 0) is 4.79 Å². The zero-order valence-corrected chi connectivity index (χ0v) is 10.5. The number of nitrogens with zero attached hydrogens (tertiary/aromatic N) is 1. The molecule has 1 N–H and O–H groups in total. The molecule has 1 aliphatic carbocycles. The standard InChI is InChI=1S/C13H23NO2/c1-10(2)9-12(13(15)16)14(3)11-7-5-4-6-8-11/h5,7,10-12H,4,6,8-9H2,1-3H3,(H,15,16). The molecule has 0 aromatic heterocycles. The summed E-state index contributed by atoms with van der Waals surface area (Å²) in [7, 11) is 1.93. The molecule has 0 aromatic carbocycles. The second-order valence-electron chi connectivity index (χ2n) is 5.08. The monoisotopic (exact) mass is 225 g/mol. The van der Waals surface area contributed by atoms with Crippen LogP contribution in [0.4, 0.5) is 0 Å². The van der Waals surface area contributed by atoms with Gasteiger partial charge in [0.05, 0.1) is 0 Å². The Kier molecular flexibility index (Phi) is 5.00. The quantitative estimate of drug-likeness (QED) is 0.731. The molecule has 0 aromatic rings. The average molecular weight is 225 g/mol. The van der Waals surface area contributed by atoms with Crippen LogP contribution >= 0.6 is 0 Å². The fraction of sp³-hybridized carbons (Fsp3) is 0.769. The summed E-state index contributed by atoms with van der Waals surface area (Å²) in [5.74, 6) is -0.286. The summed E-state index contributed by atoms with van der Waals surface area (Å²) in [5, 5.41) is 9.26. The van der Waals surface area contributed by atoms with Crippen molar-refractivity contribution in [3.05, 3.63) is 12.2 Å². The van der Waals surface area contributed by atoms with Crippen LogP contribution in [0.1, 0.15) is 39.5 Å². The van der Waals surface area contributed by atoms with Gasteiger partial charge in [0.1, 0.15) is 6.04 Å². The molecule has 0 radical (unpaired) electrons. The Labute approximate surface area is 98.1 Å². The van der Waals surface area contributed by atoms with Gasteiger partial charge in [0.2, 0.25) is 0 Å². The van der Waals surface area contributed by atoms with Gasteiger partial charge in [-0.1, -0.05) is 26.0 Å². The maximum Gasteiger partial charge on any atom is 0.320 e. The number of hydrogen-bond acceptors (Lipinski definition) is 2. The van der Waals surface area contributed by atoms with E-state index in [0.29, 0.717) is 12.0 Å². The summed E-state index contributed by atoms with van der Waals surface area (Å²) >= 11 is 0. The fourth-order valence-corrected chi connectivity index (χ4v) is 2.25. The van der Waals surface area contributed by atoms with Crippen LogP contribution in [0.15, 0.2) is 12.2 Å². The van der Waals surface area contributed by atoms with E-state index in [9.17, 15) is 9.90 Å². The number of carboxylic acid groups (broad SMARTS) is 1. The van der Waals surface area contributed by atoms with Crippen molar-refractivity contribution in [1.29, 1.82) is 0 Å². The van der Waals surface area contributed by atoms with Gasteiger partial charge in [-0.3, -0.25) is 9.69 Å². The van der Waals surface area contributed by atoms with E-state index in [1.165, 1.54) is 6.42 Å². The lowest BCUT2D eigenvalue weighted by molar-refractivity contribution is -0.144. The van der Waals surface area contributed by atoms with Crippen molar-refractivity contribution in [2.75, 3.05) is 7.05 Å². The van der Waals surface area contributed by atoms with Crippen LogP contribution in [0.25, 0.3) is 0 Å². The molecule has 92 valence electrons. The summed E-state index contributed by atoms with van der Waals surface area (Å²) in [6, 6.07) is -0.0543. The summed E-state index contributed by atoms with van der Waals surface area (Å²) in [5.41, 5.74) is 0. The highest BCUT2D eigenvalue weighted by atomic mass is 16.4. The van der Waals surface area contributed by atoms with Crippen LogP contribution in [0.3, 0.4) is 0 Å². The maximum absolute atomic E-state index is 11.3. The predicted molar refractivity (Wildman–Crippen MR) is 65.4 cm³/mol. The molecule has 16 heavy (non-hydrogen) atoms. The summed E-state index contributed by atoms with van der Waals surface area (Å²) in [6.45, 7) is 4.14. The molecule has 2 unspecified atom stereocenters. The molecule has 0 saturated carbocycles. The van der Waals surface area contributed by atoms with Crippen LogP contribution in [0, 0.1) is 5.92 Å². The molecule has 3 nitrogen and oxygen atoms in total. The molecule has 3 heteroatoms. The lowest BCUT2D eigenvalue weighted by Crippen LogP contribution is -2.45. The average Bonchev–Trinajstić information content (AvgIpc) is 2.25. The number of hydrogen-bond donors (Lipinski definition) is 1. The molecule has 1 aliphatic rings. The van der Waals surface area contributed by atoms with Crippen LogP contribution < -0.4 is 0 Å². The van der Waals surface area contributed by atoms with Crippen molar-refractivity contribution in [3.63, 3.8) is 0 Å². The van der Waals surface area contributed by atoms with E-state index in [1.807, 2.05) is 11.9 Å². The molecule has 0 heterocycles. The van der Waals surface area contributed by atoms with Crippen LogP contribution in [-0.4, -0.2) is 35.1 Å². The first-order valence-corrected chi connectivity index (χ1v) is 6.13. The van der Waals surface area contributed by atoms with E-state index < -0.39 is 5.97 Å². The van der Waals surface area contributed by atoms with Gasteiger partial charge in [-0.15, -0.1) is 0 Å². The van der Waals surface area contributed by atoms with Gasteiger partial charge < -0.3 is 5.11 Å². The Balaban J connectivity index is 2.65. The Morgan fingerprint density at radius 2 is 2.25 bits per heavy atom. The number of carbonyl (C=O) groups is 1. The lowest BCUT2D eigenvalue weighted by Gasteiger charge is -2.33. The maximum atomic E-state index is 11.3. The number of rotatable bonds is 5. The molecular formula is C13H23NO2. The molecular weight excluding hydrogens is 202 g/mol. The highest BCUT2D eigenvalue weighted by molar-refractivity contribution is 5.73. The third-order valence-corrected chi connectivity index (χ3v) is 3.22. The molecule has 0 aliphatic heterocycles. The van der Waals surface area contributed by atoms with Crippen molar-refractivity contribution in [1.82, 2.24) is 4.90 Å². The highest BCUT2D eigenvalue weighted by Gasteiger charge is 2.28. The van der Waals surface area contributed by atoms with Gasteiger partial charge in [-0.25, -0.2) is 0 Å². The number of likely N-dealkylation sites (N-methyl/N-ethyl adjacent to an activating group) is 1. The Morgan fingerprint density at radius 3 is 2.69 bits per heavy atom. The second kappa shape index (κ2) is 6.04. The fourth-order valence-electron chi connectivity index (χ4n) is 2.25. The minimum Gasteiger partial charge on any atom is -0.480 e. The predicted octanol–water partition coefficient (Wildman–Crippen LogP) is 2.53. The van der Waals surface area contributed by atoms with E-state index in [-0.39, 0.29) is 6.04 Å². The molecule has 0 spiro atoms. The zero-order chi connectivity index (χ0) is 12.1. The van der Waals surface area contributed by atoms with Gasteiger partial charge >= 0.3 is 5.97 Å². The van der Waals surface area contributed by atoms with Gasteiger partial charge in [-0.2, -0.15) is 0 Å². The molecule has 0 amide bonds. The molecule has 0 bridgehead atoms. The van der Waals surface area contributed by atoms with E-state index in [2.05, 4.69) is 26.0 Å². The van der Waals surface area contributed by atoms with Crippen LogP contribution in [0.2, 0.25) is 0 Å². The van der Waals surface area contributed by atoms with E-state index in [1.54, 1.807) is 0 Å². The van der Waals surface area contributed by atoms with Gasteiger partial charge in [0.15, 0.2) is 0 Å².